The van der Waals surface area contributed by atoms with Crippen LogP contribution in [-0.2, 0) is 0 Å². The first-order valence-corrected chi connectivity index (χ1v) is 10.2. The molecule has 1 aliphatic rings. The molecule has 28 heavy (non-hydrogen) atoms. The minimum Gasteiger partial charge on any atom is -0.318 e. The Labute approximate surface area is 172 Å². The van der Waals surface area contributed by atoms with Gasteiger partial charge >= 0.3 is 0 Å². The molecular weight excluding hydrogens is 412 g/mol. The average Bonchev–Trinajstić information content (AvgIpc) is 3.13. The van der Waals surface area contributed by atoms with Gasteiger partial charge in [0.25, 0.3) is 0 Å². The van der Waals surface area contributed by atoms with Crippen LogP contribution in [0.5, 0.6) is 0 Å². The van der Waals surface area contributed by atoms with Crippen molar-refractivity contribution >= 4 is 32.6 Å². The molecule has 0 spiro atoms. The van der Waals surface area contributed by atoms with Crippen LogP contribution < -0.4 is 5.43 Å². The standard InChI is InChI=1S/C24H19BrN2O/c25-21-11-5-4-8-17(21)20-15-23(28)18-9-2-3-10-19(18)24(20)26-27-14-13-16-7-1-6-12-22(16)27/h1-14,20,24,26H,15H2/t20-,24+/m0/s1. The molecule has 1 N–H and O–H groups in total. The Morgan fingerprint density at radius 2 is 1.57 bits per heavy atom. The van der Waals surface area contributed by atoms with Gasteiger partial charge in [-0.05, 0) is 29.3 Å². The maximum Gasteiger partial charge on any atom is 0.163 e. The van der Waals surface area contributed by atoms with Crippen LogP contribution in [0.2, 0.25) is 0 Å². The maximum atomic E-state index is 12.9. The molecule has 4 heteroatoms. The Kier molecular flexibility index (Phi) is 4.29. The van der Waals surface area contributed by atoms with Crippen molar-refractivity contribution < 1.29 is 4.79 Å². The highest BCUT2D eigenvalue weighted by Gasteiger charge is 2.36. The van der Waals surface area contributed by atoms with Gasteiger partial charge in [0.05, 0.1) is 11.6 Å². The lowest BCUT2D eigenvalue weighted by atomic mass is 9.76. The predicted molar refractivity (Wildman–Crippen MR) is 116 cm³/mol. The van der Waals surface area contributed by atoms with Gasteiger partial charge in [-0.1, -0.05) is 76.6 Å². The molecule has 0 unspecified atom stereocenters. The maximum absolute atomic E-state index is 12.9. The molecule has 0 bridgehead atoms. The minimum atomic E-state index is -0.0107. The van der Waals surface area contributed by atoms with E-state index in [9.17, 15) is 4.79 Å². The van der Waals surface area contributed by atoms with Crippen LogP contribution in [0.4, 0.5) is 0 Å². The summed E-state index contributed by atoms with van der Waals surface area (Å²) in [6, 6.07) is 26.6. The Balaban J connectivity index is 1.65. The average molecular weight is 431 g/mol. The van der Waals surface area contributed by atoms with E-state index in [0.717, 1.165) is 26.7 Å². The first-order chi connectivity index (χ1) is 13.7. The Morgan fingerprint density at radius 3 is 2.43 bits per heavy atom. The van der Waals surface area contributed by atoms with Gasteiger partial charge in [-0.3, -0.25) is 9.47 Å². The zero-order valence-corrected chi connectivity index (χ0v) is 16.8. The fourth-order valence-corrected chi connectivity index (χ4v) is 4.82. The first-order valence-electron chi connectivity index (χ1n) is 9.41. The van der Waals surface area contributed by atoms with E-state index in [-0.39, 0.29) is 17.7 Å². The molecule has 0 fully saturated rings. The second kappa shape index (κ2) is 6.95. The van der Waals surface area contributed by atoms with Gasteiger partial charge in [-0.2, -0.15) is 0 Å². The van der Waals surface area contributed by atoms with Crippen molar-refractivity contribution in [1.29, 1.82) is 0 Å². The summed E-state index contributed by atoms with van der Waals surface area (Å²) >= 11 is 3.69. The Morgan fingerprint density at radius 1 is 0.857 bits per heavy atom. The van der Waals surface area contributed by atoms with Crippen LogP contribution in [0.1, 0.15) is 39.9 Å². The molecule has 138 valence electrons. The molecule has 0 radical (unpaired) electrons. The largest absolute Gasteiger partial charge is 0.318 e. The number of Topliss-reactive ketones (excluding diaryl/α,β-unsaturated/α-hetero) is 1. The molecule has 2 atom stereocenters. The summed E-state index contributed by atoms with van der Waals surface area (Å²) < 4.78 is 3.12. The van der Waals surface area contributed by atoms with Crippen LogP contribution >= 0.6 is 15.9 Å². The summed E-state index contributed by atoms with van der Waals surface area (Å²) in [4.78, 5) is 12.9. The van der Waals surface area contributed by atoms with E-state index in [4.69, 9.17) is 0 Å². The van der Waals surface area contributed by atoms with E-state index in [1.807, 2.05) is 48.5 Å². The zero-order valence-electron chi connectivity index (χ0n) is 15.2. The number of para-hydroxylation sites is 1. The summed E-state index contributed by atoms with van der Waals surface area (Å²) in [6.45, 7) is 0. The molecule has 0 saturated heterocycles. The molecule has 0 aliphatic heterocycles. The smallest absolute Gasteiger partial charge is 0.163 e. The highest BCUT2D eigenvalue weighted by Crippen LogP contribution is 2.43. The Hall–Kier alpha value is -2.85. The molecule has 1 aliphatic carbocycles. The fraction of sp³-hybridized carbons (Fsp3) is 0.125. The van der Waals surface area contributed by atoms with E-state index in [1.165, 1.54) is 5.39 Å². The third-order valence-electron chi connectivity index (χ3n) is 5.59. The number of ketones is 1. The number of hydrogen-bond acceptors (Lipinski definition) is 2. The molecule has 5 rings (SSSR count). The quantitative estimate of drug-likeness (QED) is 0.428. The molecule has 0 saturated carbocycles. The zero-order chi connectivity index (χ0) is 19.1. The van der Waals surface area contributed by atoms with Crippen LogP contribution in [0, 0.1) is 0 Å². The Bertz CT molecular complexity index is 1180. The van der Waals surface area contributed by atoms with Crippen molar-refractivity contribution in [3.05, 3.63) is 106 Å². The van der Waals surface area contributed by atoms with Crippen molar-refractivity contribution in [1.82, 2.24) is 4.68 Å². The number of fused-ring (bicyclic) bond motifs is 2. The highest BCUT2D eigenvalue weighted by molar-refractivity contribution is 9.10. The van der Waals surface area contributed by atoms with Crippen LogP contribution in [0.15, 0.2) is 89.5 Å². The molecule has 3 aromatic carbocycles. The van der Waals surface area contributed by atoms with Crippen molar-refractivity contribution in [3.63, 3.8) is 0 Å². The van der Waals surface area contributed by atoms with Gasteiger partial charge in [0.1, 0.15) is 0 Å². The van der Waals surface area contributed by atoms with Crippen molar-refractivity contribution in [2.75, 3.05) is 5.43 Å². The lowest BCUT2D eigenvalue weighted by Gasteiger charge is -2.35. The van der Waals surface area contributed by atoms with Crippen molar-refractivity contribution in [2.45, 2.75) is 18.4 Å². The number of hydrogen-bond donors (Lipinski definition) is 1. The van der Waals surface area contributed by atoms with E-state index in [2.05, 4.69) is 62.6 Å². The number of benzene rings is 3. The normalized spacial score (nSPS) is 18.8. The number of nitrogens with one attached hydrogen (secondary N) is 1. The molecule has 0 amide bonds. The molecule has 3 nitrogen and oxygen atoms in total. The van der Waals surface area contributed by atoms with Crippen LogP contribution in [0.3, 0.4) is 0 Å². The van der Waals surface area contributed by atoms with Crippen molar-refractivity contribution in [2.24, 2.45) is 0 Å². The predicted octanol–water partition coefficient (Wildman–Crippen LogP) is 6.06. The van der Waals surface area contributed by atoms with Crippen LogP contribution in [0.25, 0.3) is 10.9 Å². The highest BCUT2D eigenvalue weighted by atomic mass is 79.9. The number of carbonyl (C=O) groups excluding carboxylic acids is 1. The van der Waals surface area contributed by atoms with Gasteiger partial charge in [0.2, 0.25) is 0 Å². The third-order valence-corrected chi connectivity index (χ3v) is 6.31. The monoisotopic (exact) mass is 430 g/mol. The van der Waals surface area contributed by atoms with Crippen molar-refractivity contribution in [3.8, 4) is 0 Å². The summed E-state index contributed by atoms with van der Waals surface area (Å²) in [5.41, 5.74) is 7.85. The topological polar surface area (TPSA) is 34.0 Å². The third kappa shape index (κ3) is 2.85. The van der Waals surface area contributed by atoms with Gasteiger partial charge in [-0.25, -0.2) is 0 Å². The molecular formula is C24H19BrN2O. The van der Waals surface area contributed by atoms with E-state index in [1.54, 1.807) is 0 Å². The van der Waals surface area contributed by atoms with Crippen LogP contribution in [-0.4, -0.2) is 10.5 Å². The number of rotatable bonds is 3. The number of carbonyl (C=O) groups is 1. The van der Waals surface area contributed by atoms with E-state index in [0.29, 0.717) is 6.42 Å². The lowest BCUT2D eigenvalue weighted by Crippen LogP contribution is -2.32. The second-order valence-corrected chi connectivity index (χ2v) is 8.05. The fourth-order valence-electron chi connectivity index (χ4n) is 4.24. The van der Waals surface area contributed by atoms with Gasteiger partial charge in [0, 0.05) is 34.0 Å². The summed E-state index contributed by atoms with van der Waals surface area (Å²) in [7, 11) is 0. The lowest BCUT2D eigenvalue weighted by molar-refractivity contribution is 0.0957. The molecule has 1 aromatic heterocycles. The minimum absolute atomic E-state index is 0.0107. The summed E-state index contributed by atoms with van der Waals surface area (Å²) in [5, 5.41) is 1.19. The first kappa shape index (κ1) is 17.3. The summed E-state index contributed by atoms with van der Waals surface area (Å²) in [6.07, 6.45) is 2.54. The van der Waals surface area contributed by atoms with E-state index >= 15 is 0 Å². The molecule has 1 heterocycles. The number of nitrogens with zero attached hydrogens (tertiary/aromatic N) is 1. The van der Waals surface area contributed by atoms with Gasteiger partial charge in [0.15, 0.2) is 5.78 Å². The number of aromatic nitrogens is 1. The summed E-state index contributed by atoms with van der Waals surface area (Å²) in [5.74, 6) is 0.242. The van der Waals surface area contributed by atoms with E-state index < -0.39 is 0 Å². The van der Waals surface area contributed by atoms with Gasteiger partial charge < -0.3 is 5.43 Å². The molecule has 4 aromatic rings. The number of halogens is 1. The second-order valence-electron chi connectivity index (χ2n) is 7.19. The SMILES string of the molecule is O=C1C[C@@H](c2ccccc2Br)[C@H](Nn2ccc3ccccc32)c2ccccc21. The van der Waals surface area contributed by atoms with Gasteiger partial charge in [-0.15, -0.1) is 0 Å².